The summed E-state index contributed by atoms with van der Waals surface area (Å²) in [4.78, 5) is 6.39. The topological polar surface area (TPSA) is 62.7 Å². The molecule has 1 saturated heterocycles. The normalized spacial score (nSPS) is 18.4. The number of rotatable bonds is 4. The molecule has 0 bridgehead atoms. The molecule has 0 atom stereocenters. The largest absolute Gasteiger partial charge is 0.481 e. The Balaban J connectivity index is 1.88. The lowest BCUT2D eigenvalue weighted by Crippen LogP contribution is -2.47. The molecule has 6 nitrogen and oxygen atoms in total. The maximum atomic E-state index is 11.4. The number of methoxy groups -OCH3 is 1. The van der Waals surface area contributed by atoms with Crippen molar-refractivity contribution in [2.75, 3.05) is 39.5 Å². The molecule has 19 heavy (non-hydrogen) atoms. The summed E-state index contributed by atoms with van der Waals surface area (Å²) in [5.74, 6) is 0.602. The molecule has 0 radical (unpaired) electrons. The van der Waals surface area contributed by atoms with Crippen LogP contribution in [-0.4, -0.2) is 62.2 Å². The average Bonchev–Trinajstić information content (AvgIpc) is 2.39. The molecule has 0 unspecified atom stereocenters. The van der Waals surface area contributed by atoms with Crippen molar-refractivity contribution >= 4 is 10.0 Å². The zero-order valence-electron chi connectivity index (χ0n) is 11.2. The first-order valence-electron chi connectivity index (χ1n) is 6.15. The second-order valence-corrected chi connectivity index (χ2v) is 6.63. The predicted octanol–water partition coefficient (Wildman–Crippen LogP) is 0.167. The quantitative estimate of drug-likeness (QED) is 0.789. The minimum atomic E-state index is -3.05. The molecule has 2 rings (SSSR count). The Bertz CT molecular complexity index is 508. The molecular weight excluding hydrogens is 266 g/mol. The molecular formula is C12H19N3O3S. The molecule has 1 aromatic rings. The van der Waals surface area contributed by atoms with E-state index in [1.807, 2.05) is 12.1 Å². The Kier molecular flexibility index (Phi) is 4.38. The first-order valence-corrected chi connectivity index (χ1v) is 8.00. The van der Waals surface area contributed by atoms with E-state index in [0.29, 0.717) is 19.0 Å². The first-order chi connectivity index (χ1) is 8.99. The maximum Gasteiger partial charge on any atom is 0.212 e. The summed E-state index contributed by atoms with van der Waals surface area (Å²) < 4.78 is 29.3. The van der Waals surface area contributed by atoms with Gasteiger partial charge in [0, 0.05) is 45.0 Å². The van der Waals surface area contributed by atoms with Gasteiger partial charge in [-0.25, -0.2) is 13.4 Å². The maximum absolute atomic E-state index is 11.4. The fourth-order valence-corrected chi connectivity index (χ4v) is 2.93. The van der Waals surface area contributed by atoms with Gasteiger partial charge in [0.15, 0.2) is 0 Å². The van der Waals surface area contributed by atoms with E-state index in [1.165, 1.54) is 10.6 Å². The lowest BCUT2D eigenvalue weighted by atomic mass is 10.2. The van der Waals surface area contributed by atoms with E-state index < -0.39 is 10.0 Å². The predicted molar refractivity (Wildman–Crippen MR) is 72.5 cm³/mol. The number of sulfonamides is 1. The summed E-state index contributed by atoms with van der Waals surface area (Å²) in [5, 5.41) is 0. The highest BCUT2D eigenvalue weighted by Crippen LogP contribution is 2.12. The highest BCUT2D eigenvalue weighted by atomic mass is 32.2. The third-order valence-electron chi connectivity index (χ3n) is 3.21. The number of nitrogens with zero attached hydrogens (tertiary/aromatic N) is 3. The van der Waals surface area contributed by atoms with Gasteiger partial charge in [-0.3, -0.25) is 4.90 Å². The fraction of sp³-hybridized carbons (Fsp3) is 0.583. The second kappa shape index (κ2) is 5.85. The van der Waals surface area contributed by atoms with Gasteiger partial charge in [0.25, 0.3) is 0 Å². The molecule has 1 aliphatic heterocycles. The molecule has 7 heteroatoms. The average molecular weight is 285 g/mol. The van der Waals surface area contributed by atoms with Crippen molar-refractivity contribution in [3.8, 4) is 5.88 Å². The van der Waals surface area contributed by atoms with Crippen molar-refractivity contribution < 1.29 is 13.2 Å². The van der Waals surface area contributed by atoms with Gasteiger partial charge >= 0.3 is 0 Å². The summed E-state index contributed by atoms with van der Waals surface area (Å²) in [6.07, 6.45) is 3.05. The number of piperazine rings is 1. The van der Waals surface area contributed by atoms with Gasteiger partial charge in [-0.2, -0.15) is 4.31 Å². The van der Waals surface area contributed by atoms with E-state index in [4.69, 9.17) is 4.74 Å². The van der Waals surface area contributed by atoms with Crippen molar-refractivity contribution in [2.45, 2.75) is 6.54 Å². The van der Waals surface area contributed by atoms with Crippen LogP contribution in [0.15, 0.2) is 18.3 Å². The van der Waals surface area contributed by atoms with Crippen molar-refractivity contribution in [2.24, 2.45) is 0 Å². The zero-order chi connectivity index (χ0) is 13.9. The van der Waals surface area contributed by atoms with Crippen LogP contribution < -0.4 is 4.74 Å². The van der Waals surface area contributed by atoms with Gasteiger partial charge in [-0.05, 0) is 5.56 Å². The minimum Gasteiger partial charge on any atom is -0.481 e. The van der Waals surface area contributed by atoms with E-state index in [-0.39, 0.29) is 0 Å². The lowest BCUT2D eigenvalue weighted by molar-refractivity contribution is 0.182. The number of hydrogen-bond acceptors (Lipinski definition) is 5. The Hall–Kier alpha value is -1.18. The standard InChI is InChI=1S/C12H19N3O3S/c1-18-12-4-3-11(9-13-12)10-14-5-7-15(8-6-14)19(2,16)17/h3-4,9H,5-8,10H2,1-2H3. The van der Waals surface area contributed by atoms with Crippen LogP contribution in [0.3, 0.4) is 0 Å². The third-order valence-corrected chi connectivity index (χ3v) is 4.52. The molecule has 1 fully saturated rings. The zero-order valence-corrected chi connectivity index (χ0v) is 12.1. The van der Waals surface area contributed by atoms with Gasteiger partial charge < -0.3 is 4.74 Å². The molecule has 2 heterocycles. The van der Waals surface area contributed by atoms with Crippen molar-refractivity contribution in [1.82, 2.24) is 14.2 Å². The van der Waals surface area contributed by atoms with Gasteiger partial charge in [0.2, 0.25) is 15.9 Å². The monoisotopic (exact) mass is 285 g/mol. The first kappa shape index (κ1) is 14.2. The molecule has 1 aromatic heterocycles. The minimum absolute atomic E-state index is 0.558. The molecule has 0 N–H and O–H groups in total. The molecule has 106 valence electrons. The van der Waals surface area contributed by atoms with Crippen molar-refractivity contribution in [3.63, 3.8) is 0 Å². The summed E-state index contributed by atoms with van der Waals surface area (Å²) in [6, 6.07) is 3.82. The highest BCUT2D eigenvalue weighted by molar-refractivity contribution is 7.88. The Morgan fingerprint density at radius 1 is 1.26 bits per heavy atom. The van der Waals surface area contributed by atoms with Crippen LogP contribution in [-0.2, 0) is 16.6 Å². The Morgan fingerprint density at radius 2 is 1.95 bits per heavy atom. The second-order valence-electron chi connectivity index (χ2n) is 4.65. The molecule has 1 aliphatic rings. The number of ether oxygens (including phenoxy) is 1. The fourth-order valence-electron chi connectivity index (χ4n) is 2.10. The number of pyridine rings is 1. The van der Waals surface area contributed by atoms with E-state index in [9.17, 15) is 8.42 Å². The van der Waals surface area contributed by atoms with E-state index in [2.05, 4.69) is 9.88 Å². The van der Waals surface area contributed by atoms with Crippen LogP contribution >= 0.6 is 0 Å². The summed E-state index contributed by atoms with van der Waals surface area (Å²) in [7, 11) is -1.46. The van der Waals surface area contributed by atoms with Gasteiger partial charge in [-0.1, -0.05) is 6.07 Å². The van der Waals surface area contributed by atoms with Crippen LogP contribution in [0.1, 0.15) is 5.56 Å². The van der Waals surface area contributed by atoms with Crippen LogP contribution in [0.5, 0.6) is 5.88 Å². The lowest BCUT2D eigenvalue weighted by Gasteiger charge is -2.33. The van der Waals surface area contributed by atoms with Gasteiger partial charge in [0.05, 0.1) is 13.4 Å². The van der Waals surface area contributed by atoms with Crippen LogP contribution in [0, 0.1) is 0 Å². The summed E-state index contributed by atoms with van der Waals surface area (Å²) in [6.45, 7) is 3.40. The van der Waals surface area contributed by atoms with Crippen LogP contribution in [0.4, 0.5) is 0 Å². The van der Waals surface area contributed by atoms with Crippen LogP contribution in [0.2, 0.25) is 0 Å². The van der Waals surface area contributed by atoms with E-state index in [0.717, 1.165) is 25.2 Å². The van der Waals surface area contributed by atoms with Crippen molar-refractivity contribution in [3.05, 3.63) is 23.9 Å². The molecule has 0 spiro atoms. The SMILES string of the molecule is COc1ccc(CN2CCN(S(C)(=O)=O)CC2)cn1. The van der Waals surface area contributed by atoms with E-state index >= 15 is 0 Å². The molecule has 0 amide bonds. The van der Waals surface area contributed by atoms with Gasteiger partial charge in [-0.15, -0.1) is 0 Å². The number of aromatic nitrogens is 1. The smallest absolute Gasteiger partial charge is 0.212 e. The summed E-state index contributed by atoms with van der Waals surface area (Å²) >= 11 is 0. The Morgan fingerprint density at radius 3 is 2.42 bits per heavy atom. The van der Waals surface area contributed by atoms with E-state index in [1.54, 1.807) is 13.3 Å². The van der Waals surface area contributed by atoms with Crippen LogP contribution in [0.25, 0.3) is 0 Å². The van der Waals surface area contributed by atoms with Crippen molar-refractivity contribution in [1.29, 1.82) is 0 Å². The number of hydrogen-bond donors (Lipinski definition) is 0. The van der Waals surface area contributed by atoms with Gasteiger partial charge in [0.1, 0.15) is 0 Å². The molecule has 0 aromatic carbocycles. The Labute approximate surface area is 114 Å². The highest BCUT2D eigenvalue weighted by Gasteiger charge is 2.23. The summed E-state index contributed by atoms with van der Waals surface area (Å²) in [5.41, 5.74) is 1.11. The molecule has 0 aliphatic carbocycles. The molecule has 0 saturated carbocycles. The third kappa shape index (κ3) is 3.89.